The van der Waals surface area contributed by atoms with Crippen molar-refractivity contribution in [2.45, 2.75) is 6.42 Å². The van der Waals surface area contributed by atoms with Gasteiger partial charge < -0.3 is 10.4 Å². The van der Waals surface area contributed by atoms with Crippen LogP contribution in [0.25, 0.3) is 0 Å². The van der Waals surface area contributed by atoms with Crippen LogP contribution < -0.4 is 5.32 Å². The van der Waals surface area contributed by atoms with Crippen molar-refractivity contribution in [3.05, 3.63) is 29.8 Å². The summed E-state index contributed by atoms with van der Waals surface area (Å²) in [5.74, 6) is -2.56. The van der Waals surface area contributed by atoms with Gasteiger partial charge in [-0.1, -0.05) is 0 Å². The summed E-state index contributed by atoms with van der Waals surface area (Å²) in [5.41, 5.74) is -0.192. The zero-order chi connectivity index (χ0) is 11.3. The zero-order valence-corrected chi connectivity index (χ0v) is 7.74. The third-order valence-corrected chi connectivity index (χ3v) is 1.63. The van der Waals surface area contributed by atoms with E-state index in [1.165, 1.54) is 18.3 Å². The average Bonchev–Trinajstić information content (AvgIpc) is 2.17. The molecule has 80 valence electrons. The number of carboxylic acids is 1. The van der Waals surface area contributed by atoms with Gasteiger partial charge in [-0.05, 0) is 12.1 Å². The first-order valence-electron chi connectivity index (χ1n) is 4.22. The number of amides is 1. The van der Waals surface area contributed by atoms with Crippen molar-refractivity contribution in [1.82, 2.24) is 10.3 Å². The Labute approximate surface area is 84.9 Å². The third kappa shape index (κ3) is 3.34. The molecule has 0 saturated carbocycles. The Kier molecular flexibility index (Phi) is 3.73. The van der Waals surface area contributed by atoms with Crippen LogP contribution in [0.1, 0.15) is 16.8 Å². The van der Waals surface area contributed by atoms with Crippen LogP contribution in [0.5, 0.6) is 0 Å². The number of nitrogens with one attached hydrogen (secondary N) is 1. The number of hydrogen-bond acceptors (Lipinski definition) is 3. The second-order valence-corrected chi connectivity index (χ2v) is 2.74. The van der Waals surface area contributed by atoms with Crippen LogP contribution in [0.2, 0.25) is 0 Å². The van der Waals surface area contributed by atoms with Crippen molar-refractivity contribution in [2.24, 2.45) is 0 Å². The second-order valence-electron chi connectivity index (χ2n) is 2.74. The smallest absolute Gasteiger partial charge is 0.305 e. The lowest BCUT2D eigenvalue weighted by Gasteiger charge is -2.03. The largest absolute Gasteiger partial charge is 0.481 e. The number of aliphatic carboxylic acids is 1. The molecule has 0 aromatic carbocycles. The fraction of sp³-hybridized carbons (Fsp3) is 0.222. The Bertz CT molecular complexity index is 381. The van der Waals surface area contributed by atoms with Gasteiger partial charge in [0, 0.05) is 12.7 Å². The Balaban J connectivity index is 2.54. The highest BCUT2D eigenvalue weighted by Crippen LogP contribution is 2.02. The quantitative estimate of drug-likeness (QED) is 0.709. The molecule has 0 atom stereocenters. The molecule has 0 aliphatic rings. The summed E-state index contributed by atoms with van der Waals surface area (Å²) in [6, 6.07) is 2.70. The van der Waals surface area contributed by atoms with Crippen LogP contribution in [-0.2, 0) is 4.79 Å². The summed E-state index contributed by atoms with van der Waals surface area (Å²) in [6.07, 6.45) is 1.02. The molecule has 1 heterocycles. The van der Waals surface area contributed by atoms with Gasteiger partial charge in [0.05, 0.1) is 12.0 Å². The molecule has 15 heavy (non-hydrogen) atoms. The van der Waals surface area contributed by atoms with E-state index in [1.807, 2.05) is 0 Å². The number of carbonyl (C=O) groups excluding carboxylic acids is 1. The Morgan fingerprint density at radius 3 is 2.87 bits per heavy atom. The zero-order valence-electron chi connectivity index (χ0n) is 7.74. The van der Waals surface area contributed by atoms with Gasteiger partial charge in [-0.3, -0.25) is 9.59 Å². The summed E-state index contributed by atoms with van der Waals surface area (Å²) >= 11 is 0. The lowest BCUT2D eigenvalue weighted by molar-refractivity contribution is -0.136. The van der Waals surface area contributed by atoms with Crippen molar-refractivity contribution < 1.29 is 19.1 Å². The van der Waals surface area contributed by atoms with Crippen LogP contribution in [0, 0.1) is 5.95 Å². The van der Waals surface area contributed by atoms with Crippen molar-refractivity contribution in [3.8, 4) is 0 Å². The molecule has 0 unspecified atom stereocenters. The minimum absolute atomic E-state index is 0.0392. The fourth-order valence-corrected chi connectivity index (χ4v) is 0.934. The number of rotatable bonds is 4. The minimum Gasteiger partial charge on any atom is -0.481 e. The number of aromatic nitrogens is 1. The van der Waals surface area contributed by atoms with Crippen LogP contribution in [0.3, 0.4) is 0 Å². The summed E-state index contributed by atoms with van der Waals surface area (Å²) in [6.45, 7) is -0.0392. The molecule has 1 aromatic rings. The first-order valence-corrected chi connectivity index (χ1v) is 4.22. The summed E-state index contributed by atoms with van der Waals surface area (Å²) in [7, 11) is 0. The molecule has 5 nitrogen and oxygen atoms in total. The maximum Gasteiger partial charge on any atom is 0.305 e. The molecular formula is C9H9FN2O3. The highest BCUT2D eigenvalue weighted by atomic mass is 19.1. The Morgan fingerprint density at radius 2 is 2.27 bits per heavy atom. The molecule has 0 fully saturated rings. The number of nitrogens with zero attached hydrogens (tertiary/aromatic N) is 1. The standard InChI is InChI=1S/C9H9FN2O3/c10-8-6(2-1-4-11-8)9(15)12-5-3-7(13)14/h1-2,4H,3,5H2,(H,12,15)(H,13,14). The highest BCUT2D eigenvalue weighted by Gasteiger charge is 2.11. The second kappa shape index (κ2) is 5.04. The lowest BCUT2D eigenvalue weighted by atomic mass is 10.2. The van der Waals surface area contributed by atoms with Crippen LogP contribution in [-0.4, -0.2) is 28.5 Å². The molecule has 1 aromatic heterocycles. The fourth-order valence-electron chi connectivity index (χ4n) is 0.934. The Morgan fingerprint density at radius 1 is 1.53 bits per heavy atom. The van der Waals surface area contributed by atoms with E-state index in [0.717, 1.165) is 0 Å². The predicted molar refractivity (Wildman–Crippen MR) is 48.8 cm³/mol. The van der Waals surface area contributed by atoms with Gasteiger partial charge in [0.2, 0.25) is 5.95 Å². The number of halogens is 1. The molecule has 0 saturated heterocycles. The molecule has 0 aliphatic carbocycles. The number of hydrogen-bond donors (Lipinski definition) is 2. The molecule has 1 rings (SSSR count). The first-order chi connectivity index (χ1) is 7.11. The van der Waals surface area contributed by atoms with Gasteiger partial charge in [-0.25, -0.2) is 4.98 Å². The van der Waals surface area contributed by atoms with E-state index in [4.69, 9.17) is 5.11 Å². The van der Waals surface area contributed by atoms with Crippen molar-refractivity contribution >= 4 is 11.9 Å². The van der Waals surface area contributed by atoms with E-state index in [9.17, 15) is 14.0 Å². The van der Waals surface area contributed by atoms with Crippen molar-refractivity contribution in [1.29, 1.82) is 0 Å². The van der Waals surface area contributed by atoms with Crippen molar-refractivity contribution in [2.75, 3.05) is 6.54 Å². The number of carbonyl (C=O) groups is 2. The number of pyridine rings is 1. The van der Waals surface area contributed by atoms with Gasteiger partial charge in [-0.2, -0.15) is 4.39 Å². The van der Waals surface area contributed by atoms with E-state index >= 15 is 0 Å². The monoisotopic (exact) mass is 212 g/mol. The Hall–Kier alpha value is -1.98. The van der Waals surface area contributed by atoms with E-state index in [0.29, 0.717) is 0 Å². The van der Waals surface area contributed by atoms with Crippen LogP contribution in [0.4, 0.5) is 4.39 Å². The summed E-state index contributed by atoms with van der Waals surface area (Å²) in [5, 5.41) is 10.6. The first kappa shape index (κ1) is 11.1. The van der Waals surface area contributed by atoms with Gasteiger partial charge in [-0.15, -0.1) is 0 Å². The van der Waals surface area contributed by atoms with Crippen molar-refractivity contribution in [3.63, 3.8) is 0 Å². The normalized spacial score (nSPS) is 9.67. The van der Waals surface area contributed by atoms with Gasteiger partial charge in [0.15, 0.2) is 0 Å². The maximum atomic E-state index is 12.9. The number of carboxylic acid groups (broad SMARTS) is 1. The molecule has 0 radical (unpaired) electrons. The predicted octanol–water partition coefficient (Wildman–Crippen LogP) is 0.425. The van der Waals surface area contributed by atoms with E-state index in [1.54, 1.807) is 0 Å². The van der Waals surface area contributed by atoms with Crippen LogP contribution in [0.15, 0.2) is 18.3 Å². The van der Waals surface area contributed by atoms with Gasteiger partial charge in [0.1, 0.15) is 0 Å². The molecule has 2 N–H and O–H groups in total. The minimum atomic E-state index is -1.03. The molecule has 6 heteroatoms. The third-order valence-electron chi connectivity index (χ3n) is 1.63. The molecule has 0 spiro atoms. The SMILES string of the molecule is O=C(O)CCNC(=O)c1cccnc1F. The topological polar surface area (TPSA) is 79.3 Å². The average molecular weight is 212 g/mol. The van der Waals surface area contributed by atoms with Gasteiger partial charge in [0.25, 0.3) is 5.91 Å². The molecule has 0 aliphatic heterocycles. The van der Waals surface area contributed by atoms with E-state index < -0.39 is 17.8 Å². The highest BCUT2D eigenvalue weighted by molar-refractivity contribution is 5.94. The lowest BCUT2D eigenvalue weighted by Crippen LogP contribution is -2.27. The summed E-state index contributed by atoms with van der Waals surface area (Å²) in [4.78, 5) is 24.7. The molecular weight excluding hydrogens is 203 g/mol. The van der Waals surface area contributed by atoms with Gasteiger partial charge >= 0.3 is 5.97 Å². The summed E-state index contributed by atoms with van der Waals surface area (Å²) < 4.78 is 12.9. The maximum absolute atomic E-state index is 12.9. The van der Waals surface area contributed by atoms with E-state index in [2.05, 4.69) is 10.3 Å². The molecule has 1 amide bonds. The van der Waals surface area contributed by atoms with E-state index in [-0.39, 0.29) is 18.5 Å². The molecule has 0 bridgehead atoms. The van der Waals surface area contributed by atoms with Crippen LogP contribution >= 0.6 is 0 Å².